The summed E-state index contributed by atoms with van der Waals surface area (Å²) < 4.78 is 10.9. The maximum absolute atomic E-state index is 12.1. The first-order valence-electron chi connectivity index (χ1n) is 6.80. The Labute approximate surface area is 146 Å². The second-order valence-corrected chi connectivity index (χ2v) is 5.61. The van der Waals surface area contributed by atoms with Crippen molar-refractivity contribution in [3.8, 4) is 23.6 Å². The van der Waals surface area contributed by atoms with Gasteiger partial charge < -0.3 is 9.47 Å². The number of halogens is 1. The zero-order chi connectivity index (χ0) is 17.9. The molecule has 122 valence electrons. The number of imide groups is 1. The molecule has 1 aliphatic heterocycles. The number of hydrogen-bond acceptors (Lipinski definition) is 6. The zero-order valence-electron chi connectivity index (χ0n) is 12.9. The summed E-state index contributed by atoms with van der Waals surface area (Å²) in [6.45, 7) is 0. The normalized spacial score (nSPS) is 13.3. The van der Waals surface area contributed by atoms with Gasteiger partial charge in [-0.25, -0.2) is 4.90 Å². The van der Waals surface area contributed by atoms with Crippen molar-refractivity contribution in [2.75, 3.05) is 14.2 Å². The van der Waals surface area contributed by atoms with Gasteiger partial charge in [-0.2, -0.15) is 10.5 Å². The Morgan fingerprint density at radius 3 is 2.04 bits per heavy atom. The SMILES string of the molecule is COc1cc(Br)c(C(=C(C#N)C#N)N2C(=O)CCC2=O)cc1OC. The Bertz CT molecular complexity index is 801. The number of rotatable bonds is 4. The molecule has 0 spiro atoms. The highest BCUT2D eigenvalue weighted by Gasteiger charge is 2.35. The molecule has 0 aromatic heterocycles. The van der Waals surface area contributed by atoms with Gasteiger partial charge in [0.15, 0.2) is 17.1 Å². The third-order valence-corrected chi connectivity index (χ3v) is 4.12. The van der Waals surface area contributed by atoms with Gasteiger partial charge in [0, 0.05) is 22.9 Å². The summed E-state index contributed by atoms with van der Waals surface area (Å²) in [5.74, 6) is -0.163. The minimum atomic E-state index is -0.459. The number of carbonyl (C=O) groups excluding carboxylic acids is 2. The summed E-state index contributed by atoms with van der Waals surface area (Å²) in [5.41, 5.74) is -0.0822. The first-order valence-corrected chi connectivity index (χ1v) is 7.59. The van der Waals surface area contributed by atoms with E-state index < -0.39 is 11.8 Å². The van der Waals surface area contributed by atoms with Crippen LogP contribution in [0.4, 0.5) is 0 Å². The molecule has 8 heteroatoms. The summed E-state index contributed by atoms with van der Waals surface area (Å²) in [5, 5.41) is 18.5. The molecule has 1 aromatic carbocycles. The van der Waals surface area contributed by atoms with Crippen LogP contribution in [0, 0.1) is 22.7 Å². The summed E-state index contributed by atoms with van der Waals surface area (Å²) >= 11 is 3.33. The fourth-order valence-electron chi connectivity index (χ4n) is 2.36. The fourth-order valence-corrected chi connectivity index (χ4v) is 2.87. The molecule has 0 radical (unpaired) electrons. The molecule has 0 aliphatic carbocycles. The first-order chi connectivity index (χ1) is 11.5. The highest BCUT2D eigenvalue weighted by atomic mass is 79.9. The molecule has 0 N–H and O–H groups in total. The molecule has 0 unspecified atom stereocenters. The third-order valence-electron chi connectivity index (χ3n) is 3.46. The largest absolute Gasteiger partial charge is 0.493 e. The second-order valence-electron chi connectivity index (χ2n) is 4.76. The van der Waals surface area contributed by atoms with Crippen LogP contribution in [-0.2, 0) is 9.59 Å². The van der Waals surface area contributed by atoms with Crippen molar-refractivity contribution < 1.29 is 19.1 Å². The van der Waals surface area contributed by atoms with Crippen molar-refractivity contribution in [3.05, 3.63) is 27.7 Å². The number of carbonyl (C=O) groups is 2. The van der Waals surface area contributed by atoms with Gasteiger partial charge in [0.25, 0.3) is 0 Å². The van der Waals surface area contributed by atoms with Crippen LogP contribution in [0.3, 0.4) is 0 Å². The molecule has 1 saturated heterocycles. The molecule has 7 nitrogen and oxygen atoms in total. The van der Waals surface area contributed by atoms with E-state index in [-0.39, 0.29) is 24.1 Å². The molecule has 1 aromatic rings. The van der Waals surface area contributed by atoms with Crippen molar-refractivity contribution in [2.45, 2.75) is 12.8 Å². The lowest BCUT2D eigenvalue weighted by Gasteiger charge is -2.21. The highest BCUT2D eigenvalue weighted by Crippen LogP contribution is 2.39. The molecule has 24 heavy (non-hydrogen) atoms. The van der Waals surface area contributed by atoms with E-state index in [1.165, 1.54) is 20.3 Å². The zero-order valence-corrected chi connectivity index (χ0v) is 14.5. The summed E-state index contributed by atoms with van der Waals surface area (Å²) in [4.78, 5) is 25.1. The fraction of sp³-hybridized carbons (Fsp3) is 0.250. The van der Waals surface area contributed by atoms with Gasteiger partial charge in [-0.3, -0.25) is 9.59 Å². The Morgan fingerprint density at radius 1 is 1.08 bits per heavy atom. The van der Waals surface area contributed by atoms with E-state index in [2.05, 4.69) is 15.9 Å². The molecule has 1 heterocycles. The number of nitrogens with zero attached hydrogens (tertiary/aromatic N) is 3. The van der Waals surface area contributed by atoms with E-state index in [0.29, 0.717) is 21.5 Å². The van der Waals surface area contributed by atoms with Gasteiger partial charge in [-0.05, 0) is 28.1 Å². The summed E-state index contributed by atoms with van der Waals surface area (Å²) in [7, 11) is 2.89. The van der Waals surface area contributed by atoms with Crippen LogP contribution < -0.4 is 9.47 Å². The van der Waals surface area contributed by atoms with Crippen molar-refractivity contribution in [1.82, 2.24) is 4.90 Å². The molecule has 0 atom stereocenters. The van der Waals surface area contributed by atoms with Crippen molar-refractivity contribution in [1.29, 1.82) is 10.5 Å². The van der Waals surface area contributed by atoms with Crippen LogP contribution in [0.2, 0.25) is 0 Å². The van der Waals surface area contributed by atoms with Gasteiger partial charge in [0.05, 0.1) is 19.9 Å². The van der Waals surface area contributed by atoms with E-state index in [4.69, 9.17) is 9.47 Å². The quantitative estimate of drug-likeness (QED) is 0.578. The lowest BCUT2D eigenvalue weighted by molar-refractivity contribution is -0.134. The van der Waals surface area contributed by atoms with Crippen LogP contribution in [-0.4, -0.2) is 30.9 Å². The van der Waals surface area contributed by atoms with Crippen molar-refractivity contribution >= 4 is 33.4 Å². The average molecular weight is 390 g/mol. The lowest BCUT2D eigenvalue weighted by Crippen LogP contribution is -2.28. The number of nitriles is 2. The standard InChI is InChI=1S/C16H12BrN3O4/c1-23-12-5-10(11(17)6-13(12)24-2)16(9(7-18)8-19)20-14(21)3-4-15(20)22/h5-6H,3-4H2,1-2H3. The minimum absolute atomic E-state index is 0.0391. The number of allylic oxidation sites excluding steroid dienone is 1. The van der Waals surface area contributed by atoms with Crippen LogP contribution >= 0.6 is 15.9 Å². The van der Waals surface area contributed by atoms with Gasteiger partial charge in [-0.15, -0.1) is 0 Å². The number of ether oxygens (including phenoxy) is 2. The van der Waals surface area contributed by atoms with Gasteiger partial charge in [0.1, 0.15) is 12.1 Å². The molecule has 2 amide bonds. The third kappa shape index (κ3) is 2.97. The van der Waals surface area contributed by atoms with E-state index in [0.717, 1.165) is 4.90 Å². The predicted octanol–water partition coefficient (Wildman–Crippen LogP) is 2.37. The molecular formula is C16H12BrN3O4. The predicted molar refractivity (Wildman–Crippen MR) is 86.5 cm³/mol. The summed E-state index contributed by atoms with van der Waals surface area (Å²) in [6, 6.07) is 6.56. The Balaban J connectivity index is 2.78. The smallest absolute Gasteiger partial charge is 0.234 e. The molecule has 1 aliphatic rings. The van der Waals surface area contributed by atoms with Gasteiger partial charge in [0.2, 0.25) is 11.8 Å². The van der Waals surface area contributed by atoms with Crippen LogP contribution in [0.5, 0.6) is 11.5 Å². The number of benzene rings is 1. The first kappa shape index (κ1) is 17.5. The van der Waals surface area contributed by atoms with Crippen LogP contribution in [0.15, 0.2) is 22.2 Å². The number of likely N-dealkylation sites (tertiary alicyclic amines) is 1. The van der Waals surface area contributed by atoms with Crippen molar-refractivity contribution in [3.63, 3.8) is 0 Å². The van der Waals surface area contributed by atoms with E-state index in [1.54, 1.807) is 18.2 Å². The monoisotopic (exact) mass is 389 g/mol. The Kier molecular flexibility index (Phi) is 5.22. The maximum Gasteiger partial charge on any atom is 0.234 e. The number of methoxy groups -OCH3 is 2. The molecular weight excluding hydrogens is 378 g/mol. The second kappa shape index (κ2) is 7.16. The number of amides is 2. The summed E-state index contributed by atoms with van der Waals surface area (Å²) in [6.07, 6.45) is 0.0781. The molecule has 0 saturated carbocycles. The molecule has 1 fully saturated rings. The van der Waals surface area contributed by atoms with Gasteiger partial charge >= 0.3 is 0 Å². The minimum Gasteiger partial charge on any atom is -0.493 e. The lowest BCUT2D eigenvalue weighted by atomic mass is 10.1. The van der Waals surface area contributed by atoms with Crippen LogP contribution in [0.25, 0.3) is 5.70 Å². The van der Waals surface area contributed by atoms with Gasteiger partial charge in [-0.1, -0.05) is 0 Å². The topological polar surface area (TPSA) is 103 Å². The van der Waals surface area contributed by atoms with E-state index >= 15 is 0 Å². The molecule has 0 bridgehead atoms. The average Bonchev–Trinajstić information content (AvgIpc) is 2.91. The Hall–Kier alpha value is -2.84. The highest BCUT2D eigenvalue weighted by molar-refractivity contribution is 9.10. The maximum atomic E-state index is 12.1. The van der Waals surface area contributed by atoms with E-state index in [9.17, 15) is 20.1 Å². The van der Waals surface area contributed by atoms with Crippen LogP contribution in [0.1, 0.15) is 18.4 Å². The van der Waals surface area contributed by atoms with E-state index in [1.807, 2.05) is 0 Å². The van der Waals surface area contributed by atoms with Crippen molar-refractivity contribution in [2.24, 2.45) is 0 Å². The molecule has 2 rings (SSSR count). The number of hydrogen-bond donors (Lipinski definition) is 0. The Morgan fingerprint density at radius 2 is 1.58 bits per heavy atom.